The molecule has 0 saturated carbocycles. The van der Waals surface area contributed by atoms with E-state index in [1.165, 1.54) is 10.6 Å². The summed E-state index contributed by atoms with van der Waals surface area (Å²) in [7, 11) is -3.63. The maximum absolute atomic E-state index is 12.8. The Morgan fingerprint density at radius 2 is 1.96 bits per heavy atom. The van der Waals surface area contributed by atoms with Crippen molar-refractivity contribution in [1.82, 2.24) is 18.8 Å². The first kappa shape index (κ1) is 19.5. The van der Waals surface area contributed by atoms with Crippen molar-refractivity contribution in [3.05, 3.63) is 36.4 Å². The maximum atomic E-state index is 12.8. The lowest BCUT2D eigenvalue weighted by Gasteiger charge is -2.29. The molecular formula is C18H25N5O3S. The zero-order chi connectivity index (χ0) is 19.6. The van der Waals surface area contributed by atoms with Crippen LogP contribution in [0.2, 0.25) is 0 Å². The van der Waals surface area contributed by atoms with Gasteiger partial charge in [-0.15, -0.1) is 0 Å². The highest BCUT2D eigenvalue weighted by Crippen LogP contribution is 2.24. The van der Waals surface area contributed by atoms with Crippen molar-refractivity contribution < 1.29 is 13.2 Å². The Hall–Kier alpha value is -2.26. The van der Waals surface area contributed by atoms with Gasteiger partial charge in [-0.2, -0.15) is 4.31 Å². The van der Waals surface area contributed by atoms with E-state index in [4.69, 9.17) is 0 Å². The molecule has 1 fully saturated rings. The molecule has 0 aromatic carbocycles. The van der Waals surface area contributed by atoms with Crippen molar-refractivity contribution in [1.29, 1.82) is 0 Å². The van der Waals surface area contributed by atoms with Crippen LogP contribution in [0.3, 0.4) is 0 Å². The maximum Gasteiger partial charge on any atom is 0.262 e. The first-order valence-electron chi connectivity index (χ1n) is 9.05. The minimum atomic E-state index is -3.63. The van der Waals surface area contributed by atoms with Gasteiger partial charge in [-0.1, -0.05) is 6.07 Å². The number of nitrogens with zero attached hydrogens (tertiary/aromatic N) is 4. The molecule has 1 aliphatic heterocycles. The fourth-order valence-corrected chi connectivity index (χ4v) is 4.46. The summed E-state index contributed by atoms with van der Waals surface area (Å²) in [5.74, 6) is 0.176. The molecule has 1 aliphatic rings. The van der Waals surface area contributed by atoms with Crippen LogP contribution in [-0.2, 0) is 14.8 Å². The Balaban J connectivity index is 1.61. The molecule has 1 amide bonds. The summed E-state index contributed by atoms with van der Waals surface area (Å²) in [6.07, 6.45) is 4.04. The van der Waals surface area contributed by atoms with Crippen LogP contribution in [0.25, 0.3) is 0 Å². The number of aryl methyl sites for hydroxylation is 1. The van der Waals surface area contributed by atoms with Gasteiger partial charge in [0, 0.05) is 36.9 Å². The van der Waals surface area contributed by atoms with Gasteiger partial charge in [0.1, 0.15) is 5.82 Å². The Bertz CT molecular complexity index is 915. The van der Waals surface area contributed by atoms with Crippen LogP contribution >= 0.6 is 0 Å². The molecule has 3 heterocycles. The summed E-state index contributed by atoms with van der Waals surface area (Å²) >= 11 is 0. The lowest BCUT2D eigenvalue weighted by Crippen LogP contribution is -2.41. The predicted octanol–water partition coefficient (Wildman–Crippen LogP) is 2.21. The molecule has 1 saturated heterocycles. The molecule has 0 radical (unpaired) electrons. The van der Waals surface area contributed by atoms with E-state index in [1.54, 1.807) is 16.8 Å². The van der Waals surface area contributed by atoms with Gasteiger partial charge in [0.05, 0.1) is 6.33 Å². The molecule has 27 heavy (non-hydrogen) atoms. The Morgan fingerprint density at radius 3 is 2.56 bits per heavy atom. The Kier molecular flexibility index (Phi) is 5.61. The SMILES string of the molecule is Cc1cccc(NC(=O)C2CCN(S(=O)(=O)c3cn(C(C)C)cn3)CC2)n1. The molecule has 0 spiro atoms. The second kappa shape index (κ2) is 7.77. The number of nitrogens with one attached hydrogen (secondary N) is 1. The molecule has 0 atom stereocenters. The highest BCUT2D eigenvalue weighted by Gasteiger charge is 2.33. The van der Waals surface area contributed by atoms with Crippen LogP contribution in [0.5, 0.6) is 0 Å². The van der Waals surface area contributed by atoms with Crippen LogP contribution in [0.4, 0.5) is 5.82 Å². The minimum Gasteiger partial charge on any atom is -0.334 e. The highest BCUT2D eigenvalue weighted by molar-refractivity contribution is 7.89. The van der Waals surface area contributed by atoms with Gasteiger partial charge < -0.3 is 9.88 Å². The Labute approximate surface area is 159 Å². The van der Waals surface area contributed by atoms with Crippen molar-refractivity contribution in [2.45, 2.75) is 44.7 Å². The van der Waals surface area contributed by atoms with E-state index < -0.39 is 10.0 Å². The number of carbonyl (C=O) groups excluding carboxylic acids is 1. The number of amides is 1. The average Bonchev–Trinajstić information content (AvgIpc) is 3.13. The second-order valence-electron chi connectivity index (χ2n) is 7.08. The topological polar surface area (TPSA) is 97.2 Å². The number of rotatable bonds is 5. The van der Waals surface area contributed by atoms with E-state index in [9.17, 15) is 13.2 Å². The number of hydrogen-bond donors (Lipinski definition) is 1. The lowest BCUT2D eigenvalue weighted by atomic mass is 9.97. The zero-order valence-corrected chi connectivity index (χ0v) is 16.6. The summed E-state index contributed by atoms with van der Waals surface area (Å²) in [4.78, 5) is 20.8. The molecule has 0 unspecified atom stereocenters. The fraction of sp³-hybridized carbons (Fsp3) is 0.500. The van der Waals surface area contributed by atoms with Crippen molar-refractivity contribution in [3.8, 4) is 0 Å². The van der Waals surface area contributed by atoms with Crippen LogP contribution in [0, 0.1) is 12.8 Å². The predicted molar refractivity (Wildman–Crippen MR) is 102 cm³/mol. The van der Waals surface area contributed by atoms with E-state index >= 15 is 0 Å². The molecule has 9 heteroatoms. The van der Waals surface area contributed by atoms with Crippen molar-refractivity contribution in [2.75, 3.05) is 18.4 Å². The molecule has 8 nitrogen and oxygen atoms in total. The third kappa shape index (κ3) is 4.36. The number of anilines is 1. The van der Waals surface area contributed by atoms with Crippen LogP contribution in [0.15, 0.2) is 35.7 Å². The largest absolute Gasteiger partial charge is 0.334 e. The van der Waals surface area contributed by atoms with Gasteiger partial charge in [-0.3, -0.25) is 4.79 Å². The third-order valence-electron chi connectivity index (χ3n) is 4.74. The number of piperidine rings is 1. The molecule has 0 aliphatic carbocycles. The molecule has 146 valence electrons. The summed E-state index contributed by atoms with van der Waals surface area (Å²) in [5.41, 5.74) is 0.828. The van der Waals surface area contributed by atoms with E-state index in [-0.39, 0.29) is 22.9 Å². The highest BCUT2D eigenvalue weighted by atomic mass is 32.2. The number of sulfonamides is 1. The first-order chi connectivity index (χ1) is 12.8. The second-order valence-corrected chi connectivity index (χ2v) is 8.97. The molecule has 2 aromatic rings. The van der Waals surface area contributed by atoms with Gasteiger partial charge in [0.25, 0.3) is 10.0 Å². The van der Waals surface area contributed by atoms with Gasteiger partial charge in [0.15, 0.2) is 5.03 Å². The fourth-order valence-electron chi connectivity index (χ4n) is 3.06. The van der Waals surface area contributed by atoms with Gasteiger partial charge in [0.2, 0.25) is 5.91 Å². The normalized spacial score (nSPS) is 16.6. The van der Waals surface area contributed by atoms with E-state index in [1.807, 2.05) is 32.9 Å². The minimum absolute atomic E-state index is 0.0584. The standard InChI is InChI=1S/C18H25N5O3S/c1-13(2)22-11-17(19-12-22)27(25,26)23-9-7-15(8-10-23)18(24)21-16-6-4-5-14(3)20-16/h4-6,11-13,15H,7-10H2,1-3H3,(H,20,21,24). The third-order valence-corrected chi connectivity index (χ3v) is 6.53. The number of aromatic nitrogens is 3. The quantitative estimate of drug-likeness (QED) is 0.843. The average molecular weight is 391 g/mol. The van der Waals surface area contributed by atoms with E-state index in [0.717, 1.165) is 5.69 Å². The van der Waals surface area contributed by atoms with E-state index in [2.05, 4.69) is 15.3 Å². The van der Waals surface area contributed by atoms with Crippen LogP contribution in [0.1, 0.15) is 38.4 Å². The number of carbonyl (C=O) groups is 1. The first-order valence-corrected chi connectivity index (χ1v) is 10.5. The Morgan fingerprint density at radius 1 is 1.26 bits per heavy atom. The van der Waals surface area contributed by atoms with Crippen LogP contribution in [-0.4, -0.2) is 46.3 Å². The van der Waals surface area contributed by atoms with Crippen molar-refractivity contribution in [3.63, 3.8) is 0 Å². The summed E-state index contributed by atoms with van der Waals surface area (Å²) in [6, 6.07) is 5.59. The number of hydrogen-bond acceptors (Lipinski definition) is 5. The molecule has 2 aromatic heterocycles. The number of pyridine rings is 1. The van der Waals surface area contributed by atoms with Crippen LogP contribution < -0.4 is 5.32 Å². The summed E-state index contributed by atoms with van der Waals surface area (Å²) in [6.45, 7) is 6.39. The smallest absolute Gasteiger partial charge is 0.262 e. The monoisotopic (exact) mass is 391 g/mol. The van der Waals surface area contributed by atoms with Gasteiger partial charge in [-0.25, -0.2) is 18.4 Å². The molecule has 1 N–H and O–H groups in total. The van der Waals surface area contributed by atoms with Gasteiger partial charge in [-0.05, 0) is 45.7 Å². The molecular weight excluding hydrogens is 366 g/mol. The number of imidazole rings is 1. The summed E-state index contributed by atoms with van der Waals surface area (Å²) in [5, 5.41) is 2.88. The zero-order valence-electron chi connectivity index (χ0n) is 15.8. The molecule has 3 rings (SSSR count). The summed E-state index contributed by atoms with van der Waals surface area (Å²) < 4.78 is 28.7. The molecule has 0 bridgehead atoms. The lowest BCUT2D eigenvalue weighted by molar-refractivity contribution is -0.120. The van der Waals surface area contributed by atoms with E-state index in [0.29, 0.717) is 31.7 Å². The van der Waals surface area contributed by atoms with Gasteiger partial charge >= 0.3 is 0 Å². The van der Waals surface area contributed by atoms with Crippen molar-refractivity contribution in [2.24, 2.45) is 5.92 Å². The van der Waals surface area contributed by atoms with Crippen molar-refractivity contribution >= 4 is 21.7 Å².